The number of benzene rings is 1. The minimum Gasteiger partial charge on any atom is -0.326 e. The first-order chi connectivity index (χ1) is 8.60. The number of imidazole rings is 1. The van der Waals surface area contributed by atoms with Crippen molar-refractivity contribution in [3.05, 3.63) is 52.8 Å². The highest BCUT2D eigenvalue weighted by atomic mass is 35.5. The van der Waals surface area contributed by atoms with Crippen LogP contribution in [0.2, 0.25) is 10.0 Å². The number of rotatable bonds is 4. The van der Waals surface area contributed by atoms with Gasteiger partial charge >= 0.3 is 0 Å². The van der Waals surface area contributed by atoms with Gasteiger partial charge in [-0.1, -0.05) is 29.3 Å². The minimum atomic E-state index is 0.514. The summed E-state index contributed by atoms with van der Waals surface area (Å²) in [6.45, 7) is 6.37. The molecule has 5 heteroatoms. The average Bonchev–Trinajstić information content (AvgIpc) is 2.65. The zero-order chi connectivity index (χ0) is 13.1. The van der Waals surface area contributed by atoms with Crippen molar-refractivity contribution in [2.45, 2.75) is 13.5 Å². The van der Waals surface area contributed by atoms with Gasteiger partial charge in [0.25, 0.3) is 0 Å². The average molecular weight is 282 g/mol. The molecule has 0 spiro atoms. The van der Waals surface area contributed by atoms with Crippen LogP contribution in [0.1, 0.15) is 5.69 Å². The van der Waals surface area contributed by atoms with Crippen molar-refractivity contribution in [1.29, 1.82) is 0 Å². The van der Waals surface area contributed by atoms with E-state index in [9.17, 15) is 0 Å². The molecule has 0 saturated carbocycles. The zero-order valence-electron chi connectivity index (χ0n) is 9.95. The van der Waals surface area contributed by atoms with Gasteiger partial charge in [0.2, 0.25) is 5.95 Å². The maximum atomic E-state index is 5.97. The van der Waals surface area contributed by atoms with Crippen LogP contribution >= 0.6 is 23.2 Å². The number of hydrogen-bond acceptors (Lipinski definition) is 2. The van der Waals surface area contributed by atoms with Gasteiger partial charge in [-0.25, -0.2) is 4.98 Å². The highest BCUT2D eigenvalue weighted by Gasteiger charge is 2.06. The van der Waals surface area contributed by atoms with Crippen LogP contribution in [0.15, 0.2) is 37.1 Å². The van der Waals surface area contributed by atoms with E-state index in [4.69, 9.17) is 23.2 Å². The lowest BCUT2D eigenvalue weighted by Crippen LogP contribution is -2.01. The Kier molecular flexibility index (Phi) is 3.94. The lowest BCUT2D eigenvalue weighted by atomic mass is 10.3. The Morgan fingerprint density at radius 3 is 2.83 bits per heavy atom. The van der Waals surface area contributed by atoms with E-state index in [1.165, 1.54) is 0 Å². The molecule has 1 heterocycles. The summed E-state index contributed by atoms with van der Waals surface area (Å²) in [5, 5.41) is 4.26. The highest BCUT2D eigenvalue weighted by Crippen LogP contribution is 2.26. The zero-order valence-corrected chi connectivity index (χ0v) is 11.5. The van der Waals surface area contributed by atoms with Crippen LogP contribution in [-0.2, 0) is 6.54 Å². The van der Waals surface area contributed by atoms with Gasteiger partial charge in [0.05, 0.1) is 15.7 Å². The summed E-state index contributed by atoms with van der Waals surface area (Å²) in [5.41, 5.74) is 1.79. The summed E-state index contributed by atoms with van der Waals surface area (Å²) < 4.78 is 1.98. The van der Waals surface area contributed by atoms with Gasteiger partial charge in [-0.15, -0.1) is 6.58 Å². The molecule has 3 nitrogen and oxygen atoms in total. The molecule has 0 aliphatic heterocycles. The maximum Gasteiger partial charge on any atom is 0.207 e. The Morgan fingerprint density at radius 1 is 1.39 bits per heavy atom. The predicted octanol–water partition coefficient (Wildman–Crippen LogP) is 4.43. The van der Waals surface area contributed by atoms with Gasteiger partial charge in [0.15, 0.2) is 0 Å². The summed E-state index contributed by atoms with van der Waals surface area (Å²) in [4.78, 5) is 4.40. The molecule has 94 valence electrons. The molecule has 0 atom stereocenters. The fourth-order valence-corrected chi connectivity index (χ4v) is 1.93. The number of aryl methyl sites for hydroxylation is 1. The third kappa shape index (κ3) is 2.86. The highest BCUT2D eigenvalue weighted by molar-refractivity contribution is 6.42. The van der Waals surface area contributed by atoms with Crippen molar-refractivity contribution in [2.24, 2.45) is 0 Å². The maximum absolute atomic E-state index is 5.97. The standard InChI is InChI=1S/C13H13Cl2N3/c1-3-6-18-8-9(2)16-13(18)17-10-4-5-11(14)12(15)7-10/h3-5,7-8H,1,6H2,2H3,(H,16,17). The first-order valence-electron chi connectivity index (χ1n) is 5.47. The molecular weight excluding hydrogens is 269 g/mol. The van der Waals surface area contributed by atoms with Crippen molar-refractivity contribution in [2.75, 3.05) is 5.32 Å². The molecule has 1 aromatic heterocycles. The second-order valence-corrected chi connectivity index (χ2v) is 4.72. The van der Waals surface area contributed by atoms with Crippen molar-refractivity contribution in [1.82, 2.24) is 9.55 Å². The van der Waals surface area contributed by atoms with Crippen LogP contribution in [0.5, 0.6) is 0 Å². The van der Waals surface area contributed by atoms with Crippen LogP contribution in [-0.4, -0.2) is 9.55 Å². The number of halogens is 2. The molecule has 2 aromatic rings. The first kappa shape index (κ1) is 13.0. The molecule has 18 heavy (non-hydrogen) atoms. The molecule has 0 unspecified atom stereocenters. The molecule has 0 radical (unpaired) electrons. The van der Waals surface area contributed by atoms with E-state index in [0.29, 0.717) is 16.6 Å². The van der Waals surface area contributed by atoms with Gasteiger partial charge in [-0.3, -0.25) is 0 Å². The molecule has 1 N–H and O–H groups in total. The number of aromatic nitrogens is 2. The molecule has 0 saturated heterocycles. The molecular formula is C13H13Cl2N3. The van der Waals surface area contributed by atoms with E-state index in [1.54, 1.807) is 12.1 Å². The summed E-state index contributed by atoms with van der Waals surface area (Å²) in [6, 6.07) is 5.38. The van der Waals surface area contributed by atoms with Crippen molar-refractivity contribution in [3.8, 4) is 0 Å². The Bertz CT molecular complexity index is 576. The first-order valence-corrected chi connectivity index (χ1v) is 6.22. The topological polar surface area (TPSA) is 29.9 Å². The van der Waals surface area contributed by atoms with Gasteiger partial charge in [0, 0.05) is 18.4 Å². The Balaban J connectivity index is 2.27. The van der Waals surface area contributed by atoms with Gasteiger partial charge in [-0.2, -0.15) is 0 Å². The fraction of sp³-hybridized carbons (Fsp3) is 0.154. The van der Waals surface area contributed by atoms with Gasteiger partial charge in [0.1, 0.15) is 0 Å². The molecule has 0 aliphatic rings. The van der Waals surface area contributed by atoms with E-state index in [1.807, 2.05) is 29.8 Å². The summed E-state index contributed by atoms with van der Waals surface area (Å²) in [7, 11) is 0. The van der Waals surface area contributed by atoms with Crippen molar-refractivity contribution < 1.29 is 0 Å². The largest absolute Gasteiger partial charge is 0.326 e. The molecule has 0 aliphatic carbocycles. The Labute approximate surface area is 116 Å². The van der Waals surface area contributed by atoms with E-state index in [2.05, 4.69) is 16.9 Å². The number of allylic oxidation sites excluding steroid dienone is 1. The second kappa shape index (κ2) is 5.46. The van der Waals surface area contributed by atoms with Gasteiger partial charge < -0.3 is 9.88 Å². The molecule has 0 fully saturated rings. The third-order valence-electron chi connectivity index (χ3n) is 2.40. The number of nitrogens with zero attached hydrogens (tertiary/aromatic N) is 2. The SMILES string of the molecule is C=CCn1cc(C)nc1Nc1ccc(Cl)c(Cl)c1. The van der Waals surface area contributed by atoms with Crippen molar-refractivity contribution in [3.63, 3.8) is 0 Å². The van der Waals surface area contributed by atoms with Crippen LogP contribution < -0.4 is 5.32 Å². The van der Waals surface area contributed by atoms with Gasteiger partial charge in [-0.05, 0) is 25.1 Å². The van der Waals surface area contributed by atoms with E-state index >= 15 is 0 Å². The Hall–Kier alpha value is -1.45. The predicted molar refractivity (Wildman–Crippen MR) is 76.9 cm³/mol. The number of nitrogens with one attached hydrogen (secondary N) is 1. The van der Waals surface area contributed by atoms with E-state index < -0.39 is 0 Å². The van der Waals surface area contributed by atoms with Crippen LogP contribution in [0.4, 0.5) is 11.6 Å². The molecule has 0 amide bonds. The molecule has 2 rings (SSSR count). The summed E-state index contributed by atoms with van der Waals surface area (Å²) in [6.07, 6.45) is 3.78. The summed E-state index contributed by atoms with van der Waals surface area (Å²) >= 11 is 11.8. The minimum absolute atomic E-state index is 0.514. The van der Waals surface area contributed by atoms with Crippen LogP contribution in [0.3, 0.4) is 0 Å². The molecule has 0 bridgehead atoms. The normalized spacial score (nSPS) is 10.4. The van der Waals surface area contributed by atoms with E-state index in [0.717, 1.165) is 17.3 Å². The Morgan fingerprint density at radius 2 is 2.17 bits per heavy atom. The van der Waals surface area contributed by atoms with E-state index in [-0.39, 0.29) is 0 Å². The molecule has 1 aromatic carbocycles. The van der Waals surface area contributed by atoms with Crippen molar-refractivity contribution >= 4 is 34.8 Å². The lowest BCUT2D eigenvalue weighted by molar-refractivity contribution is 0.832. The monoisotopic (exact) mass is 281 g/mol. The quantitative estimate of drug-likeness (QED) is 0.841. The lowest BCUT2D eigenvalue weighted by Gasteiger charge is -2.08. The number of anilines is 2. The smallest absolute Gasteiger partial charge is 0.207 e. The van der Waals surface area contributed by atoms with Crippen LogP contribution in [0.25, 0.3) is 0 Å². The van der Waals surface area contributed by atoms with Crippen LogP contribution in [0, 0.1) is 6.92 Å². The second-order valence-electron chi connectivity index (χ2n) is 3.90. The summed E-state index contributed by atoms with van der Waals surface area (Å²) in [5.74, 6) is 0.755. The fourth-order valence-electron chi connectivity index (χ4n) is 1.63. The number of hydrogen-bond donors (Lipinski definition) is 1. The third-order valence-corrected chi connectivity index (χ3v) is 3.14.